The van der Waals surface area contributed by atoms with Gasteiger partial charge in [0.25, 0.3) is 0 Å². The van der Waals surface area contributed by atoms with Crippen LogP contribution in [-0.4, -0.2) is 0 Å². The maximum absolute atomic E-state index is 13.0. The molecule has 2 nitrogen and oxygen atoms in total. The molecule has 0 saturated heterocycles. The molecular weight excluding hydrogens is 213 g/mol. The number of nitrogens with two attached hydrogens (primary N) is 1. The smallest absolute Gasteiger partial charge is 0.126 e. The third-order valence-corrected chi connectivity index (χ3v) is 3.05. The van der Waals surface area contributed by atoms with Crippen LogP contribution in [0.1, 0.15) is 5.76 Å². The number of anilines is 1. The minimum atomic E-state index is -0.321. The van der Waals surface area contributed by atoms with Crippen molar-refractivity contribution in [2.45, 2.75) is 16.7 Å². The summed E-state index contributed by atoms with van der Waals surface area (Å²) in [4.78, 5) is 1.75. The Bertz CT molecular complexity index is 461. The summed E-state index contributed by atoms with van der Waals surface area (Å²) in [6, 6.07) is 6.33. The van der Waals surface area contributed by atoms with E-state index in [4.69, 9.17) is 10.2 Å². The Balaban J connectivity index is 2.28. The molecule has 1 aromatic carbocycles. The third kappa shape index (κ3) is 2.33. The Morgan fingerprint density at radius 1 is 1.33 bits per heavy atom. The first kappa shape index (κ1) is 10.1. The predicted octanol–water partition coefficient (Wildman–Crippen LogP) is 3.46. The van der Waals surface area contributed by atoms with Crippen LogP contribution in [0.15, 0.2) is 44.7 Å². The molecule has 0 atom stereocenters. The van der Waals surface area contributed by atoms with E-state index >= 15 is 0 Å². The van der Waals surface area contributed by atoms with Gasteiger partial charge in [0.15, 0.2) is 0 Å². The normalized spacial score (nSPS) is 10.5. The quantitative estimate of drug-likeness (QED) is 0.792. The Morgan fingerprint density at radius 2 is 2.13 bits per heavy atom. The summed E-state index contributed by atoms with van der Waals surface area (Å²) in [5.74, 6) is 0.501. The molecular formula is C11H10FNOS. The zero-order valence-electron chi connectivity index (χ0n) is 8.16. The van der Waals surface area contributed by atoms with Crippen molar-refractivity contribution in [1.82, 2.24) is 0 Å². The molecule has 1 heterocycles. The maximum atomic E-state index is 13.0. The average Bonchev–Trinajstić information content (AvgIpc) is 2.50. The lowest BCUT2D eigenvalue weighted by molar-refractivity contribution is 0.527. The van der Waals surface area contributed by atoms with Crippen molar-refractivity contribution in [1.29, 1.82) is 0 Å². The van der Waals surface area contributed by atoms with Crippen molar-refractivity contribution in [2.75, 3.05) is 5.73 Å². The summed E-state index contributed by atoms with van der Waals surface area (Å²) >= 11 is 1.44. The monoisotopic (exact) mass is 223 g/mol. The number of benzene rings is 1. The lowest BCUT2D eigenvalue weighted by Crippen LogP contribution is -1.87. The number of rotatable bonds is 2. The number of furan rings is 1. The number of halogens is 1. The molecule has 15 heavy (non-hydrogen) atoms. The van der Waals surface area contributed by atoms with Gasteiger partial charge in [-0.15, -0.1) is 0 Å². The molecule has 0 aliphatic rings. The summed E-state index contributed by atoms with van der Waals surface area (Å²) in [5, 5.41) is 0. The highest BCUT2D eigenvalue weighted by atomic mass is 32.2. The summed E-state index contributed by atoms with van der Waals surface area (Å²) in [5.41, 5.74) is 5.98. The Hall–Kier alpha value is -1.42. The van der Waals surface area contributed by atoms with Crippen molar-refractivity contribution >= 4 is 17.4 Å². The topological polar surface area (TPSA) is 39.2 Å². The van der Waals surface area contributed by atoms with E-state index in [9.17, 15) is 4.39 Å². The van der Waals surface area contributed by atoms with Gasteiger partial charge in [-0.05, 0) is 31.2 Å². The van der Waals surface area contributed by atoms with Crippen LogP contribution in [0.5, 0.6) is 0 Å². The fourth-order valence-corrected chi connectivity index (χ4v) is 2.19. The zero-order valence-corrected chi connectivity index (χ0v) is 8.98. The molecule has 2 rings (SSSR count). The lowest BCUT2D eigenvalue weighted by atomic mass is 10.3. The van der Waals surface area contributed by atoms with Crippen LogP contribution in [0, 0.1) is 12.7 Å². The van der Waals surface area contributed by atoms with E-state index in [1.54, 1.807) is 12.3 Å². The summed E-state index contributed by atoms with van der Waals surface area (Å²) in [6.45, 7) is 1.87. The van der Waals surface area contributed by atoms with Gasteiger partial charge in [-0.3, -0.25) is 0 Å². The molecule has 0 spiro atoms. The SMILES string of the molecule is Cc1occc1Sc1cc(N)cc(F)c1. The molecule has 78 valence electrons. The number of hydrogen-bond acceptors (Lipinski definition) is 3. The largest absolute Gasteiger partial charge is 0.468 e. The molecule has 0 amide bonds. The van der Waals surface area contributed by atoms with E-state index in [1.807, 2.05) is 13.0 Å². The van der Waals surface area contributed by atoms with Gasteiger partial charge in [-0.1, -0.05) is 11.8 Å². The van der Waals surface area contributed by atoms with E-state index in [0.29, 0.717) is 5.69 Å². The second-order valence-corrected chi connectivity index (χ2v) is 4.28. The van der Waals surface area contributed by atoms with Crippen LogP contribution < -0.4 is 5.73 Å². The van der Waals surface area contributed by atoms with E-state index in [2.05, 4.69) is 0 Å². The Labute approximate surface area is 91.3 Å². The van der Waals surface area contributed by atoms with Crippen molar-refractivity contribution < 1.29 is 8.81 Å². The summed E-state index contributed by atoms with van der Waals surface area (Å²) in [7, 11) is 0. The highest BCUT2D eigenvalue weighted by molar-refractivity contribution is 7.99. The van der Waals surface area contributed by atoms with E-state index < -0.39 is 0 Å². The highest BCUT2D eigenvalue weighted by Crippen LogP contribution is 2.32. The third-order valence-electron chi connectivity index (χ3n) is 1.93. The zero-order chi connectivity index (χ0) is 10.8. The lowest BCUT2D eigenvalue weighted by Gasteiger charge is -2.01. The van der Waals surface area contributed by atoms with Crippen LogP contribution in [0.4, 0.5) is 10.1 Å². The minimum absolute atomic E-state index is 0.321. The van der Waals surface area contributed by atoms with Gasteiger partial charge in [0, 0.05) is 10.6 Å². The van der Waals surface area contributed by atoms with Gasteiger partial charge in [0.2, 0.25) is 0 Å². The van der Waals surface area contributed by atoms with Crippen LogP contribution in [0.25, 0.3) is 0 Å². The first-order valence-corrected chi connectivity index (χ1v) is 5.25. The molecule has 0 aliphatic heterocycles. The fourth-order valence-electron chi connectivity index (χ4n) is 1.25. The molecule has 2 N–H and O–H groups in total. The molecule has 0 bridgehead atoms. The predicted molar refractivity (Wildman–Crippen MR) is 58.4 cm³/mol. The van der Waals surface area contributed by atoms with Gasteiger partial charge in [-0.2, -0.15) is 0 Å². The number of nitrogen functional groups attached to an aromatic ring is 1. The molecule has 0 saturated carbocycles. The molecule has 1 aromatic heterocycles. The maximum Gasteiger partial charge on any atom is 0.126 e. The summed E-state index contributed by atoms with van der Waals surface area (Å²) in [6.07, 6.45) is 1.61. The molecule has 0 radical (unpaired) electrons. The standard InChI is InChI=1S/C11H10FNOS/c1-7-11(2-3-14-7)15-10-5-8(12)4-9(13)6-10/h2-6H,13H2,1H3. The van der Waals surface area contributed by atoms with Gasteiger partial charge < -0.3 is 10.2 Å². The van der Waals surface area contributed by atoms with E-state index in [1.165, 1.54) is 23.9 Å². The summed E-state index contributed by atoms with van der Waals surface area (Å²) < 4.78 is 18.2. The van der Waals surface area contributed by atoms with Crippen LogP contribution >= 0.6 is 11.8 Å². The van der Waals surface area contributed by atoms with Gasteiger partial charge >= 0.3 is 0 Å². The molecule has 0 fully saturated rings. The van der Waals surface area contributed by atoms with Gasteiger partial charge in [0.05, 0.1) is 11.2 Å². The number of aryl methyl sites for hydroxylation is 1. The minimum Gasteiger partial charge on any atom is -0.468 e. The number of hydrogen-bond donors (Lipinski definition) is 1. The molecule has 0 aliphatic carbocycles. The van der Waals surface area contributed by atoms with Crippen molar-refractivity contribution in [3.05, 3.63) is 42.1 Å². The second kappa shape index (κ2) is 3.98. The van der Waals surface area contributed by atoms with Crippen LogP contribution in [0.2, 0.25) is 0 Å². The van der Waals surface area contributed by atoms with Gasteiger partial charge in [0.1, 0.15) is 11.6 Å². The average molecular weight is 223 g/mol. The Kier molecular flexibility index (Phi) is 2.68. The van der Waals surface area contributed by atoms with Crippen LogP contribution in [-0.2, 0) is 0 Å². The van der Waals surface area contributed by atoms with Crippen molar-refractivity contribution in [2.24, 2.45) is 0 Å². The fraction of sp³-hybridized carbons (Fsp3) is 0.0909. The van der Waals surface area contributed by atoms with Crippen molar-refractivity contribution in [3.63, 3.8) is 0 Å². The molecule has 0 unspecified atom stereocenters. The van der Waals surface area contributed by atoms with Gasteiger partial charge in [-0.25, -0.2) is 4.39 Å². The highest BCUT2D eigenvalue weighted by Gasteiger charge is 2.05. The molecule has 4 heteroatoms. The van der Waals surface area contributed by atoms with E-state index in [-0.39, 0.29) is 5.82 Å². The molecule has 2 aromatic rings. The second-order valence-electron chi connectivity index (χ2n) is 3.16. The van der Waals surface area contributed by atoms with Crippen molar-refractivity contribution in [3.8, 4) is 0 Å². The first-order valence-electron chi connectivity index (χ1n) is 4.43. The first-order chi connectivity index (χ1) is 7.15. The van der Waals surface area contributed by atoms with Crippen LogP contribution in [0.3, 0.4) is 0 Å². The Morgan fingerprint density at radius 3 is 2.73 bits per heavy atom. The van der Waals surface area contributed by atoms with E-state index in [0.717, 1.165) is 15.6 Å².